The van der Waals surface area contributed by atoms with Crippen molar-refractivity contribution >= 4 is 23.2 Å². The Labute approximate surface area is 99.1 Å². The van der Waals surface area contributed by atoms with Crippen molar-refractivity contribution in [3.8, 4) is 0 Å². The average molecular weight is 233 g/mol. The van der Waals surface area contributed by atoms with Crippen LogP contribution in [0.4, 0.5) is 5.82 Å². The van der Waals surface area contributed by atoms with Crippen molar-refractivity contribution in [2.24, 2.45) is 0 Å². The number of aromatic nitrogens is 2. The van der Waals surface area contributed by atoms with E-state index >= 15 is 0 Å². The molecule has 1 unspecified atom stereocenters. The third-order valence-corrected chi connectivity index (χ3v) is 4.39. The maximum atomic E-state index is 6.18. The fourth-order valence-corrected chi connectivity index (χ4v) is 3.52. The number of imidazole rings is 1. The molecule has 0 amide bonds. The van der Waals surface area contributed by atoms with Gasteiger partial charge in [-0.05, 0) is 30.7 Å². The van der Waals surface area contributed by atoms with Gasteiger partial charge in [0.05, 0.1) is 5.69 Å². The van der Waals surface area contributed by atoms with Crippen LogP contribution in [0.3, 0.4) is 0 Å². The lowest BCUT2D eigenvalue weighted by Crippen LogP contribution is -2.02. The predicted octanol–water partition coefficient (Wildman–Crippen LogP) is 2.45. The third kappa shape index (κ3) is 1.40. The summed E-state index contributed by atoms with van der Waals surface area (Å²) in [6.07, 6.45) is 3.20. The summed E-state index contributed by atoms with van der Waals surface area (Å²) in [4.78, 5) is 4.72. The molecule has 0 aromatic carbocycles. The molecule has 1 aliphatic rings. The van der Waals surface area contributed by atoms with Gasteiger partial charge in [0.1, 0.15) is 11.5 Å². The molecule has 16 heavy (non-hydrogen) atoms. The van der Waals surface area contributed by atoms with E-state index in [0.29, 0.717) is 5.92 Å². The fourth-order valence-electron chi connectivity index (χ4n) is 2.29. The number of nitrogens with zero attached hydrogens (tertiary/aromatic N) is 2. The molecular weight excluding hydrogens is 218 g/mol. The van der Waals surface area contributed by atoms with Crippen LogP contribution in [0.15, 0.2) is 18.3 Å². The Balaban J connectivity index is 2.18. The Hall–Kier alpha value is -1.16. The first-order chi connectivity index (χ1) is 7.77. The number of fused-ring (bicyclic) bond motifs is 1. The van der Waals surface area contributed by atoms with E-state index in [1.54, 1.807) is 0 Å². The molecule has 84 valence electrons. The van der Waals surface area contributed by atoms with Crippen LogP contribution in [0.2, 0.25) is 0 Å². The van der Waals surface area contributed by atoms with Crippen LogP contribution in [0.25, 0.3) is 5.65 Å². The van der Waals surface area contributed by atoms with Gasteiger partial charge in [-0.25, -0.2) is 4.98 Å². The number of nitrogen functional groups attached to an aromatic ring is 1. The lowest BCUT2D eigenvalue weighted by molar-refractivity contribution is 0.762. The van der Waals surface area contributed by atoms with Crippen LogP contribution in [0.5, 0.6) is 0 Å². The van der Waals surface area contributed by atoms with E-state index in [2.05, 4.69) is 13.0 Å². The summed E-state index contributed by atoms with van der Waals surface area (Å²) in [7, 11) is 0. The molecule has 1 fully saturated rings. The normalized spacial score (nSPS) is 20.7. The van der Waals surface area contributed by atoms with Crippen LogP contribution in [0.1, 0.15) is 23.6 Å². The number of thioether (sulfide) groups is 1. The molecule has 1 saturated heterocycles. The summed E-state index contributed by atoms with van der Waals surface area (Å²) < 4.78 is 2.01. The van der Waals surface area contributed by atoms with Gasteiger partial charge in [0, 0.05) is 17.9 Å². The molecule has 1 atom stereocenters. The van der Waals surface area contributed by atoms with Gasteiger partial charge in [-0.1, -0.05) is 6.07 Å². The van der Waals surface area contributed by atoms with Gasteiger partial charge in [0.15, 0.2) is 0 Å². The largest absolute Gasteiger partial charge is 0.383 e. The van der Waals surface area contributed by atoms with Crippen LogP contribution in [-0.4, -0.2) is 20.9 Å². The minimum atomic E-state index is 0.546. The van der Waals surface area contributed by atoms with Crippen molar-refractivity contribution in [3.63, 3.8) is 0 Å². The molecule has 3 heterocycles. The zero-order valence-electron chi connectivity index (χ0n) is 9.31. The van der Waals surface area contributed by atoms with E-state index in [1.165, 1.54) is 17.7 Å². The van der Waals surface area contributed by atoms with Crippen molar-refractivity contribution < 1.29 is 0 Å². The molecule has 2 aromatic heterocycles. The highest BCUT2D eigenvalue weighted by atomic mass is 32.2. The summed E-state index contributed by atoms with van der Waals surface area (Å²) in [5.74, 6) is 3.76. The van der Waals surface area contributed by atoms with Gasteiger partial charge in [0.2, 0.25) is 0 Å². The summed E-state index contributed by atoms with van der Waals surface area (Å²) in [5.41, 5.74) is 9.47. The molecule has 2 N–H and O–H groups in total. The van der Waals surface area contributed by atoms with Crippen LogP contribution < -0.4 is 5.73 Å². The van der Waals surface area contributed by atoms with E-state index in [4.69, 9.17) is 10.7 Å². The molecular formula is C12H15N3S. The highest BCUT2D eigenvalue weighted by Crippen LogP contribution is 2.35. The maximum Gasteiger partial charge on any atom is 0.141 e. The number of aryl methyl sites for hydroxylation is 1. The third-order valence-electron chi connectivity index (χ3n) is 3.23. The number of anilines is 1. The summed E-state index contributed by atoms with van der Waals surface area (Å²) >= 11 is 2.00. The van der Waals surface area contributed by atoms with Crippen molar-refractivity contribution in [1.82, 2.24) is 9.38 Å². The fraction of sp³-hybridized carbons (Fsp3) is 0.417. The first-order valence-corrected chi connectivity index (χ1v) is 6.73. The standard InChI is InChI=1S/C12H15N3S/c1-8-3-2-5-15-11(13)10(14-12(8)15)9-4-6-16-7-9/h2-3,5,9H,4,6-7,13H2,1H3. The number of rotatable bonds is 1. The monoisotopic (exact) mass is 233 g/mol. The minimum Gasteiger partial charge on any atom is -0.383 e. The van der Waals surface area contributed by atoms with Gasteiger partial charge in [-0.3, -0.25) is 4.40 Å². The lowest BCUT2D eigenvalue weighted by Gasteiger charge is -2.04. The van der Waals surface area contributed by atoms with Gasteiger partial charge >= 0.3 is 0 Å². The second-order valence-corrected chi connectivity index (χ2v) is 5.48. The molecule has 4 heteroatoms. The molecule has 2 aromatic rings. The van der Waals surface area contributed by atoms with E-state index in [9.17, 15) is 0 Å². The Kier molecular flexibility index (Phi) is 2.32. The molecule has 3 nitrogen and oxygen atoms in total. The second kappa shape index (κ2) is 3.70. The highest BCUT2D eigenvalue weighted by molar-refractivity contribution is 7.99. The first kappa shape index (κ1) is 10.0. The summed E-state index contributed by atoms with van der Waals surface area (Å²) in [6.45, 7) is 2.08. The van der Waals surface area contributed by atoms with E-state index in [0.717, 1.165) is 22.9 Å². The zero-order chi connectivity index (χ0) is 11.1. The van der Waals surface area contributed by atoms with Gasteiger partial charge in [0.25, 0.3) is 0 Å². The lowest BCUT2D eigenvalue weighted by atomic mass is 10.1. The maximum absolute atomic E-state index is 6.18. The molecule has 0 saturated carbocycles. The van der Waals surface area contributed by atoms with Crippen molar-refractivity contribution in [2.75, 3.05) is 17.2 Å². The molecule has 1 aliphatic heterocycles. The van der Waals surface area contributed by atoms with Crippen LogP contribution >= 0.6 is 11.8 Å². The summed E-state index contributed by atoms with van der Waals surface area (Å²) in [6, 6.07) is 4.10. The van der Waals surface area contributed by atoms with Crippen molar-refractivity contribution in [1.29, 1.82) is 0 Å². The molecule has 0 bridgehead atoms. The quantitative estimate of drug-likeness (QED) is 0.822. The minimum absolute atomic E-state index is 0.546. The number of hydrogen-bond acceptors (Lipinski definition) is 3. The molecule has 0 radical (unpaired) electrons. The van der Waals surface area contributed by atoms with E-state index in [1.807, 2.05) is 28.4 Å². The Morgan fingerprint density at radius 3 is 3.12 bits per heavy atom. The molecule has 0 aliphatic carbocycles. The Morgan fingerprint density at radius 1 is 1.56 bits per heavy atom. The Morgan fingerprint density at radius 2 is 2.44 bits per heavy atom. The van der Waals surface area contributed by atoms with E-state index in [-0.39, 0.29) is 0 Å². The second-order valence-electron chi connectivity index (χ2n) is 4.33. The summed E-state index contributed by atoms with van der Waals surface area (Å²) in [5, 5.41) is 0. The van der Waals surface area contributed by atoms with E-state index < -0.39 is 0 Å². The first-order valence-electron chi connectivity index (χ1n) is 5.58. The van der Waals surface area contributed by atoms with Crippen molar-refractivity contribution in [2.45, 2.75) is 19.3 Å². The number of pyridine rings is 1. The molecule has 0 spiro atoms. The van der Waals surface area contributed by atoms with Gasteiger partial charge in [-0.2, -0.15) is 11.8 Å². The van der Waals surface area contributed by atoms with Crippen molar-refractivity contribution in [3.05, 3.63) is 29.6 Å². The highest BCUT2D eigenvalue weighted by Gasteiger charge is 2.23. The van der Waals surface area contributed by atoms with Crippen LogP contribution in [-0.2, 0) is 0 Å². The SMILES string of the molecule is Cc1cccn2c(N)c(C3CCSC3)nc12. The smallest absolute Gasteiger partial charge is 0.141 e. The number of nitrogens with two attached hydrogens (primary N) is 1. The van der Waals surface area contributed by atoms with Gasteiger partial charge in [-0.15, -0.1) is 0 Å². The topological polar surface area (TPSA) is 43.3 Å². The predicted molar refractivity (Wildman–Crippen MR) is 69.0 cm³/mol. The number of hydrogen-bond donors (Lipinski definition) is 1. The molecule has 3 rings (SSSR count). The average Bonchev–Trinajstić information content (AvgIpc) is 2.88. The van der Waals surface area contributed by atoms with Crippen LogP contribution in [0, 0.1) is 6.92 Å². The Bertz CT molecular complexity index is 526. The zero-order valence-corrected chi connectivity index (χ0v) is 10.1. The van der Waals surface area contributed by atoms with Gasteiger partial charge < -0.3 is 5.73 Å².